The van der Waals surface area contributed by atoms with Crippen LogP contribution < -0.4 is 10.7 Å². The maximum Gasteiger partial charge on any atom is 0.323 e. The fourth-order valence-corrected chi connectivity index (χ4v) is 2.04. The first-order chi connectivity index (χ1) is 9.95. The molecule has 2 amide bonds. The molecule has 1 fully saturated rings. The Bertz CT molecular complexity index is 539. The van der Waals surface area contributed by atoms with Gasteiger partial charge in [-0.25, -0.2) is 5.01 Å². The second kappa shape index (κ2) is 6.55. The van der Waals surface area contributed by atoms with Gasteiger partial charge >= 0.3 is 11.8 Å². The summed E-state index contributed by atoms with van der Waals surface area (Å²) in [4.78, 5) is 25.8. The van der Waals surface area contributed by atoms with Crippen LogP contribution >= 0.6 is 0 Å². The summed E-state index contributed by atoms with van der Waals surface area (Å²) in [5.74, 6) is -1.60. The minimum absolute atomic E-state index is 0.0682. The van der Waals surface area contributed by atoms with Gasteiger partial charge in [0.1, 0.15) is 5.75 Å². The highest BCUT2D eigenvalue weighted by Gasteiger charge is 2.20. The van der Waals surface area contributed by atoms with Crippen LogP contribution in [0.1, 0.15) is 5.56 Å². The lowest BCUT2D eigenvalue weighted by atomic mass is 10.2. The molecule has 1 aromatic carbocycles. The zero-order valence-corrected chi connectivity index (χ0v) is 12.2. The highest BCUT2D eigenvalue weighted by Crippen LogP contribution is 2.23. The van der Waals surface area contributed by atoms with Crippen molar-refractivity contribution < 1.29 is 14.7 Å². The van der Waals surface area contributed by atoms with E-state index >= 15 is 0 Å². The molecule has 1 aromatic rings. The molecule has 2 rings (SSSR count). The Morgan fingerprint density at radius 2 is 1.81 bits per heavy atom. The number of hydrazine groups is 1. The van der Waals surface area contributed by atoms with Crippen LogP contribution in [-0.4, -0.2) is 60.1 Å². The number of amides is 2. The standard InChI is InChI=1S/C14H20N4O3/c1-10-3-4-12(19)11(9-10)15-13(20)14(21)16-18-7-5-17(2)6-8-18/h3-4,9,19H,5-8H2,1-2H3,(H,15,20)(H,16,21). The van der Waals surface area contributed by atoms with Gasteiger partial charge in [-0.05, 0) is 31.7 Å². The van der Waals surface area contributed by atoms with Crippen molar-refractivity contribution in [2.45, 2.75) is 6.92 Å². The number of nitrogens with zero attached hydrogens (tertiary/aromatic N) is 2. The number of hydrogen-bond acceptors (Lipinski definition) is 5. The van der Waals surface area contributed by atoms with Crippen LogP contribution in [0.4, 0.5) is 5.69 Å². The molecule has 0 saturated carbocycles. The average molecular weight is 292 g/mol. The molecule has 0 aliphatic carbocycles. The van der Waals surface area contributed by atoms with Crippen LogP contribution in [0.25, 0.3) is 0 Å². The number of hydrogen-bond donors (Lipinski definition) is 3. The normalized spacial score (nSPS) is 16.5. The molecule has 0 radical (unpaired) electrons. The number of aryl methyl sites for hydroxylation is 1. The molecule has 1 saturated heterocycles. The number of nitrogens with one attached hydrogen (secondary N) is 2. The molecule has 7 heteroatoms. The van der Waals surface area contributed by atoms with Crippen molar-refractivity contribution in [2.75, 3.05) is 38.5 Å². The van der Waals surface area contributed by atoms with E-state index in [1.54, 1.807) is 17.1 Å². The van der Waals surface area contributed by atoms with Crippen LogP contribution in [0, 0.1) is 6.92 Å². The second-order valence-corrected chi connectivity index (χ2v) is 5.21. The minimum Gasteiger partial charge on any atom is -0.506 e. The number of aromatic hydroxyl groups is 1. The number of rotatable bonds is 2. The fourth-order valence-electron chi connectivity index (χ4n) is 2.04. The number of phenols is 1. The van der Waals surface area contributed by atoms with Crippen molar-refractivity contribution in [2.24, 2.45) is 0 Å². The Hall–Kier alpha value is -2.12. The van der Waals surface area contributed by atoms with Gasteiger partial charge in [0.05, 0.1) is 5.69 Å². The Balaban J connectivity index is 1.90. The number of carbonyl (C=O) groups is 2. The molecule has 114 valence electrons. The number of carbonyl (C=O) groups excluding carboxylic acids is 2. The van der Waals surface area contributed by atoms with Crippen molar-refractivity contribution in [3.05, 3.63) is 23.8 Å². The van der Waals surface area contributed by atoms with Crippen molar-refractivity contribution in [3.63, 3.8) is 0 Å². The first kappa shape index (κ1) is 15.3. The number of anilines is 1. The average Bonchev–Trinajstić information content (AvgIpc) is 2.45. The first-order valence-corrected chi connectivity index (χ1v) is 6.81. The van der Waals surface area contributed by atoms with E-state index in [0.29, 0.717) is 13.1 Å². The van der Waals surface area contributed by atoms with Gasteiger partial charge in [-0.15, -0.1) is 0 Å². The smallest absolute Gasteiger partial charge is 0.323 e. The summed E-state index contributed by atoms with van der Waals surface area (Å²) in [6, 6.07) is 4.80. The van der Waals surface area contributed by atoms with Gasteiger partial charge in [-0.1, -0.05) is 6.07 Å². The second-order valence-electron chi connectivity index (χ2n) is 5.21. The summed E-state index contributed by atoms with van der Waals surface area (Å²) in [7, 11) is 2.01. The Labute approximate surface area is 123 Å². The first-order valence-electron chi connectivity index (χ1n) is 6.81. The Kier molecular flexibility index (Phi) is 4.77. The van der Waals surface area contributed by atoms with Gasteiger partial charge in [-0.3, -0.25) is 15.0 Å². The summed E-state index contributed by atoms with van der Waals surface area (Å²) in [5, 5.41) is 13.8. The maximum absolute atomic E-state index is 11.8. The van der Waals surface area contributed by atoms with Gasteiger partial charge in [0.15, 0.2) is 0 Å². The molecule has 1 heterocycles. The lowest BCUT2D eigenvalue weighted by molar-refractivity contribution is -0.139. The van der Waals surface area contributed by atoms with Crippen molar-refractivity contribution in [3.8, 4) is 5.75 Å². The van der Waals surface area contributed by atoms with E-state index in [-0.39, 0.29) is 11.4 Å². The quantitative estimate of drug-likeness (QED) is 0.524. The molecule has 0 spiro atoms. The molecule has 0 unspecified atom stereocenters. The summed E-state index contributed by atoms with van der Waals surface area (Å²) in [6.07, 6.45) is 0. The SMILES string of the molecule is Cc1ccc(O)c(NC(=O)C(=O)NN2CCN(C)CC2)c1. The third-order valence-corrected chi connectivity index (χ3v) is 3.37. The maximum atomic E-state index is 11.8. The molecule has 1 aliphatic heterocycles. The zero-order chi connectivity index (χ0) is 15.4. The number of likely N-dealkylation sites (N-methyl/N-ethyl adjacent to an activating group) is 1. The summed E-state index contributed by atoms with van der Waals surface area (Å²) >= 11 is 0. The van der Waals surface area contributed by atoms with E-state index in [2.05, 4.69) is 15.6 Å². The molecule has 0 bridgehead atoms. The van der Waals surface area contributed by atoms with Crippen LogP contribution in [0.3, 0.4) is 0 Å². The Morgan fingerprint density at radius 3 is 2.48 bits per heavy atom. The molecule has 3 N–H and O–H groups in total. The van der Waals surface area contributed by atoms with E-state index in [1.165, 1.54) is 6.07 Å². The fraction of sp³-hybridized carbons (Fsp3) is 0.429. The highest BCUT2D eigenvalue weighted by molar-refractivity contribution is 6.39. The lowest BCUT2D eigenvalue weighted by Gasteiger charge is -2.32. The molecule has 0 atom stereocenters. The Morgan fingerprint density at radius 1 is 1.14 bits per heavy atom. The van der Waals surface area contributed by atoms with Crippen molar-refractivity contribution >= 4 is 17.5 Å². The van der Waals surface area contributed by atoms with Crippen LogP contribution in [0.5, 0.6) is 5.75 Å². The largest absolute Gasteiger partial charge is 0.506 e. The van der Waals surface area contributed by atoms with Crippen molar-refractivity contribution in [1.29, 1.82) is 0 Å². The van der Waals surface area contributed by atoms with Gasteiger partial charge < -0.3 is 15.3 Å². The summed E-state index contributed by atoms with van der Waals surface area (Å²) in [5.41, 5.74) is 3.68. The predicted octanol–water partition coefficient (Wildman–Crippen LogP) is -0.0823. The lowest BCUT2D eigenvalue weighted by Crippen LogP contribution is -2.54. The number of phenolic OH excluding ortho intramolecular Hbond substituents is 1. The van der Waals surface area contributed by atoms with Gasteiger partial charge in [0.25, 0.3) is 0 Å². The molecular formula is C14H20N4O3. The highest BCUT2D eigenvalue weighted by atomic mass is 16.3. The zero-order valence-electron chi connectivity index (χ0n) is 12.2. The monoisotopic (exact) mass is 292 g/mol. The topological polar surface area (TPSA) is 84.9 Å². The third kappa shape index (κ3) is 4.17. The molecule has 1 aliphatic rings. The van der Waals surface area contributed by atoms with E-state index < -0.39 is 11.8 Å². The van der Waals surface area contributed by atoms with E-state index in [1.807, 2.05) is 14.0 Å². The van der Waals surface area contributed by atoms with Crippen LogP contribution in [0.2, 0.25) is 0 Å². The molecule has 21 heavy (non-hydrogen) atoms. The predicted molar refractivity (Wildman–Crippen MR) is 78.7 cm³/mol. The number of benzene rings is 1. The van der Waals surface area contributed by atoms with E-state index in [9.17, 15) is 14.7 Å². The van der Waals surface area contributed by atoms with E-state index in [4.69, 9.17) is 0 Å². The molecule has 7 nitrogen and oxygen atoms in total. The van der Waals surface area contributed by atoms with Crippen molar-refractivity contribution in [1.82, 2.24) is 15.3 Å². The van der Waals surface area contributed by atoms with E-state index in [0.717, 1.165) is 18.7 Å². The van der Waals surface area contributed by atoms with Gasteiger partial charge in [0.2, 0.25) is 0 Å². The van der Waals surface area contributed by atoms with Crippen LogP contribution in [0.15, 0.2) is 18.2 Å². The third-order valence-electron chi connectivity index (χ3n) is 3.37. The molecular weight excluding hydrogens is 272 g/mol. The molecule has 0 aromatic heterocycles. The summed E-state index contributed by atoms with van der Waals surface area (Å²) in [6.45, 7) is 4.84. The summed E-state index contributed by atoms with van der Waals surface area (Å²) < 4.78 is 0. The number of piperazine rings is 1. The van der Waals surface area contributed by atoms with Gasteiger partial charge in [0, 0.05) is 26.2 Å². The van der Waals surface area contributed by atoms with Gasteiger partial charge in [-0.2, -0.15) is 0 Å². The van der Waals surface area contributed by atoms with Crippen LogP contribution in [-0.2, 0) is 9.59 Å². The minimum atomic E-state index is -0.796.